The first-order valence-corrected chi connectivity index (χ1v) is 7.41. The van der Waals surface area contributed by atoms with E-state index in [1.165, 1.54) is 0 Å². The zero-order valence-corrected chi connectivity index (χ0v) is 12.3. The number of nitrogens with one attached hydrogen (secondary N) is 1. The van der Waals surface area contributed by atoms with Crippen LogP contribution >= 0.6 is 0 Å². The third-order valence-electron chi connectivity index (χ3n) is 3.37. The number of carbonyl (C=O) groups is 2. The minimum absolute atomic E-state index is 0.267. The molecular weight excluding hydrogens is 270 g/mol. The number of unbranched alkanes of at least 4 members (excludes halogenated alkanes) is 2. The lowest BCUT2D eigenvalue weighted by Crippen LogP contribution is -2.37. The molecule has 2 rings (SSSR count). The fourth-order valence-corrected chi connectivity index (χ4v) is 2.11. The van der Waals surface area contributed by atoms with Crippen molar-refractivity contribution < 1.29 is 19.1 Å². The summed E-state index contributed by atoms with van der Waals surface area (Å²) < 4.78 is 10.4. The Labute approximate surface area is 124 Å². The van der Waals surface area contributed by atoms with E-state index in [1.54, 1.807) is 24.3 Å². The van der Waals surface area contributed by atoms with Crippen LogP contribution in [0.15, 0.2) is 24.3 Å². The molecule has 0 spiro atoms. The number of cyclic esters (lactones) is 1. The number of hydrogen-bond donors (Lipinski definition) is 1. The number of ether oxygens (including phenoxy) is 2. The molecule has 1 amide bonds. The Kier molecular flexibility index (Phi) is 5.60. The monoisotopic (exact) mass is 291 g/mol. The van der Waals surface area contributed by atoms with E-state index in [0.717, 1.165) is 25.0 Å². The number of hydrogen-bond acceptors (Lipinski definition) is 4. The second kappa shape index (κ2) is 7.67. The van der Waals surface area contributed by atoms with E-state index in [0.29, 0.717) is 25.2 Å². The SMILES string of the molecule is CCCCCOc1ccc(C(=O)NC2CCOC2=O)cc1. The molecule has 1 aromatic carbocycles. The summed E-state index contributed by atoms with van der Waals surface area (Å²) >= 11 is 0. The number of rotatable bonds is 7. The van der Waals surface area contributed by atoms with Crippen LogP contribution in [-0.2, 0) is 9.53 Å². The molecule has 0 saturated carbocycles. The first-order valence-electron chi connectivity index (χ1n) is 7.41. The summed E-state index contributed by atoms with van der Waals surface area (Å²) in [5, 5.41) is 2.67. The number of carbonyl (C=O) groups excluding carboxylic acids is 2. The van der Waals surface area contributed by atoms with Gasteiger partial charge in [-0.3, -0.25) is 4.79 Å². The van der Waals surface area contributed by atoms with Crippen molar-refractivity contribution in [3.63, 3.8) is 0 Å². The molecule has 0 aliphatic carbocycles. The standard InChI is InChI=1S/C16H21NO4/c1-2-3-4-10-20-13-7-5-12(6-8-13)15(18)17-14-9-11-21-16(14)19/h5-8,14H,2-4,9-11H2,1H3,(H,17,18). The van der Waals surface area contributed by atoms with Crippen LogP contribution in [0.25, 0.3) is 0 Å². The maximum Gasteiger partial charge on any atom is 0.328 e. The summed E-state index contributed by atoms with van der Waals surface area (Å²) in [6, 6.07) is 6.42. The van der Waals surface area contributed by atoms with Crippen molar-refractivity contribution in [3.05, 3.63) is 29.8 Å². The highest BCUT2D eigenvalue weighted by Gasteiger charge is 2.28. The van der Waals surface area contributed by atoms with E-state index in [1.807, 2.05) is 0 Å². The molecule has 1 saturated heterocycles. The van der Waals surface area contributed by atoms with Crippen LogP contribution in [0.5, 0.6) is 5.75 Å². The molecule has 0 radical (unpaired) electrons. The zero-order valence-electron chi connectivity index (χ0n) is 12.3. The molecule has 1 N–H and O–H groups in total. The van der Waals surface area contributed by atoms with Gasteiger partial charge in [0, 0.05) is 12.0 Å². The maximum absolute atomic E-state index is 12.0. The van der Waals surface area contributed by atoms with Crippen molar-refractivity contribution in [3.8, 4) is 5.75 Å². The minimum atomic E-state index is -0.525. The molecule has 1 unspecified atom stereocenters. The van der Waals surface area contributed by atoms with E-state index in [-0.39, 0.29) is 11.9 Å². The second-order valence-corrected chi connectivity index (χ2v) is 5.06. The van der Waals surface area contributed by atoms with Gasteiger partial charge in [0.2, 0.25) is 0 Å². The average molecular weight is 291 g/mol. The molecule has 5 nitrogen and oxygen atoms in total. The summed E-state index contributed by atoms with van der Waals surface area (Å²) in [4.78, 5) is 23.3. The highest BCUT2D eigenvalue weighted by Crippen LogP contribution is 2.14. The van der Waals surface area contributed by atoms with Gasteiger partial charge in [-0.1, -0.05) is 19.8 Å². The third kappa shape index (κ3) is 4.48. The average Bonchev–Trinajstić information content (AvgIpc) is 2.89. The molecule has 5 heteroatoms. The van der Waals surface area contributed by atoms with Crippen LogP contribution in [0.1, 0.15) is 43.0 Å². The summed E-state index contributed by atoms with van der Waals surface area (Å²) in [5.74, 6) is 0.124. The fourth-order valence-electron chi connectivity index (χ4n) is 2.11. The lowest BCUT2D eigenvalue weighted by atomic mass is 10.1. The lowest BCUT2D eigenvalue weighted by molar-refractivity contribution is -0.139. The van der Waals surface area contributed by atoms with E-state index in [2.05, 4.69) is 12.2 Å². The summed E-state index contributed by atoms with van der Waals surface area (Å²) in [6.45, 7) is 3.20. The quantitative estimate of drug-likeness (QED) is 0.618. The lowest BCUT2D eigenvalue weighted by Gasteiger charge is -2.10. The molecule has 1 fully saturated rings. The molecular formula is C16H21NO4. The van der Waals surface area contributed by atoms with Gasteiger partial charge in [0.05, 0.1) is 13.2 Å². The number of amides is 1. The summed E-state index contributed by atoms with van der Waals surface area (Å²) in [5.41, 5.74) is 0.510. The van der Waals surface area contributed by atoms with E-state index < -0.39 is 6.04 Å². The molecule has 1 aliphatic rings. The molecule has 21 heavy (non-hydrogen) atoms. The summed E-state index contributed by atoms with van der Waals surface area (Å²) in [6.07, 6.45) is 3.87. The van der Waals surface area contributed by atoms with Crippen molar-refractivity contribution in [1.29, 1.82) is 0 Å². The number of benzene rings is 1. The topological polar surface area (TPSA) is 64.6 Å². The number of esters is 1. The van der Waals surface area contributed by atoms with Crippen molar-refractivity contribution in [2.75, 3.05) is 13.2 Å². The van der Waals surface area contributed by atoms with Gasteiger partial charge >= 0.3 is 5.97 Å². The Bertz CT molecular complexity index is 484. The Morgan fingerprint density at radius 2 is 2.10 bits per heavy atom. The van der Waals surface area contributed by atoms with Crippen LogP contribution in [0, 0.1) is 0 Å². The Morgan fingerprint density at radius 3 is 2.71 bits per heavy atom. The second-order valence-electron chi connectivity index (χ2n) is 5.06. The van der Waals surface area contributed by atoms with Gasteiger partial charge in [0.15, 0.2) is 0 Å². The predicted molar refractivity (Wildman–Crippen MR) is 78.3 cm³/mol. The molecule has 1 atom stereocenters. The van der Waals surface area contributed by atoms with Gasteiger partial charge in [0.25, 0.3) is 5.91 Å². The van der Waals surface area contributed by atoms with Crippen molar-refractivity contribution in [1.82, 2.24) is 5.32 Å². The zero-order chi connectivity index (χ0) is 15.1. The summed E-state index contributed by atoms with van der Waals surface area (Å²) in [7, 11) is 0. The van der Waals surface area contributed by atoms with E-state index >= 15 is 0 Å². The Balaban J connectivity index is 1.83. The first-order chi connectivity index (χ1) is 10.2. The fraction of sp³-hybridized carbons (Fsp3) is 0.500. The van der Waals surface area contributed by atoms with Gasteiger partial charge in [-0.2, -0.15) is 0 Å². The van der Waals surface area contributed by atoms with Crippen LogP contribution in [-0.4, -0.2) is 31.1 Å². The van der Waals surface area contributed by atoms with Crippen LogP contribution in [0.4, 0.5) is 0 Å². The van der Waals surface area contributed by atoms with E-state index in [4.69, 9.17) is 9.47 Å². The van der Waals surface area contributed by atoms with Gasteiger partial charge in [-0.25, -0.2) is 4.79 Å². The highest BCUT2D eigenvalue weighted by atomic mass is 16.5. The van der Waals surface area contributed by atoms with Gasteiger partial charge in [-0.15, -0.1) is 0 Å². The van der Waals surface area contributed by atoms with Gasteiger partial charge < -0.3 is 14.8 Å². The molecule has 114 valence electrons. The predicted octanol–water partition coefficient (Wildman–Crippen LogP) is 2.30. The van der Waals surface area contributed by atoms with Crippen molar-refractivity contribution in [2.24, 2.45) is 0 Å². The van der Waals surface area contributed by atoms with Crippen LogP contribution in [0.3, 0.4) is 0 Å². The van der Waals surface area contributed by atoms with Crippen LogP contribution in [0.2, 0.25) is 0 Å². The molecule has 0 aromatic heterocycles. The normalized spacial score (nSPS) is 17.4. The Hall–Kier alpha value is -2.04. The maximum atomic E-state index is 12.0. The van der Waals surface area contributed by atoms with Crippen LogP contribution < -0.4 is 10.1 Å². The van der Waals surface area contributed by atoms with E-state index in [9.17, 15) is 9.59 Å². The first kappa shape index (κ1) is 15.4. The minimum Gasteiger partial charge on any atom is -0.494 e. The smallest absolute Gasteiger partial charge is 0.328 e. The largest absolute Gasteiger partial charge is 0.494 e. The molecule has 1 heterocycles. The molecule has 1 aliphatic heterocycles. The highest BCUT2D eigenvalue weighted by molar-refractivity contribution is 5.97. The molecule has 0 bridgehead atoms. The Morgan fingerprint density at radius 1 is 1.33 bits per heavy atom. The molecule has 1 aromatic rings. The van der Waals surface area contributed by atoms with Gasteiger partial charge in [-0.05, 0) is 30.7 Å². The van der Waals surface area contributed by atoms with Crippen molar-refractivity contribution in [2.45, 2.75) is 38.6 Å². The third-order valence-corrected chi connectivity index (χ3v) is 3.37. The van der Waals surface area contributed by atoms with Crippen molar-refractivity contribution >= 4 is 11.9 Å². The van der Waals surface area contributed by atoms with Gasteiger partial charge in [0.1, 0.15) is 11.8 Å².